The Morgan fingerprint density at radius 3 is 2.56 bits per heavy atom. The summed E-state index contributed by atoms with van der Waals surface area (Å²) in [4.78, 5) is 14.6. The fraction of sp³-hybridized carbons (Fsp3) is 0.481. The monoisotopic (exact) mass is 461 g/mol. The molecule has 3 unspecified atom stereocenters. The third-order valence-electron chi connectivity index (χ3n) is 6.94. The molecule has 0 spiro atoms. The zero-order valence-electron chi connectivity index (χ0n) is 19.7. The molecule has 5 rings (SSSR count). The van der Waals surface area contributed by atoms with Crippen LogP contribution in [0.5, 0.6) is 5.75 Å². The van der Waals surface area contributed by atoms with Crippen molar-refractivity contribution in [3.63, 3.8) is 0 Å². The van der Waals surface area contributed by atoms with Crippen molar-refractivity contribution in [1.29, 1.82) is 5.26 Å². The molecule has 2 fully saturated rings. The molecule has 1 N–H and O–H groups in total. The Balaban J connectivity index is 1.34. The van der Waals surface area contributed by atoms with Crippen molar-refractivity contribution in [2.45, 2.75) is 56.7 Å². The summed E-state index contributed by atoms with van der Waals surface area (Å²) in [6, 6.07) is 16.7. The van der Waals surface area contributed by atoms with Crippen LogP contribution in [0.2, 0.25) is 0 Å². The molecule has 0 aromatic heterocycles. The number of ether oxygens (including phenoxy) is 3. The maximum atomic E-state index is 12.2. The van der Waals surface area contributed by atoms with Gasteiger partial charge < -0.3 is 19.1 Å². The van der Waals surface area contributed by atoms with Crippen LogP contribution in [0.4, 0.5) is 16.2 Å². The van der Waals surface area contributed by atoms with Gasteiger partial charge in [0.1, 0.15) is 18.5 Å². The summed E-state index contributed by atoms with van der Waals surface area (Å²) in [5.41, 5.74) is 3.86. The molecule has 2 aromatic rings. The number of carbonyl (C=O) groups excluding carboxylic acids is 1. The first kappa shape index (κ1) is 22.5. The van der Waals surface area contributed by atoms with E-state index in [4.69, 9.17) is 14.2 Å². The van der Waals surface area contributed by atoms with E-state index in [1.54, 1.807) is 7.11 Å². The second-order valence-electron chi connectivity index (χ2n) is 9.45. The molecular formula is C27H31N3O4. The molecule has 2 aliphatic carbocycles. The highest BCUT2D eigenvalue weighted by molar-refractivity contribution is 5.84. The second-order valence-corrected chi connectivity index (χ2v) is 9.45. The van der Waals surface area contributed by atoms with Gasteiger partial charge in [-0.2, -0.15) is 5.26 Å². The van der Waals surface area contributed by atoms with E-state index in [1.165, 1.54) is 0 Å². The molecule has 34 heavy (non-hydrogen) atoms. The SMILES string of the molecule is COCCOc1ccc2c(c1)N(C1CC1)C(c1ccc(NC(=O)OC(C)C3CC3)cc1)C2C#N. The van der Waals surface area contributed by atoms with Crippen LogP contribution >= 0.6 is 0 Å². The maximum Gasteiger partial charge on any atom is 0.411 e. The Hall–Kier alpha value is -3.24. The van der Waals surface area contributed by atoms with E-state index >= 15 is 0 Å². The number of nitrogens with zero attached hydrogens (tertiary/aromatic N) is 2. The topological polar surface area (TPSA) is 83.8 Å². The van der Waals surface area contributed by atoms with Gasteiger partial charge in [-0.05, 0) is 67.9 Å². The van der Waals surface area contributed by atoms with E-state index in [2.05, 4.69) is 22.4 Å². The molecule has 2 aromatic carbocycles. The van der Waals surface area contributed by atoms with Crippen molar-refractivity contribution in [1.82, 2.24) is 0 Å². The first-order valence-corrected chi connectivity index (χ1v) is 12.1. The lowest BCUT2D eigenvalue weighted by Crippen LogP contribution is -2.28. The van der Waals surface area contributed by atoms with Crippen molar-refractivity contribution in [2.24, 2.45) is 5.92 Å². The first-order chi connectivity index (χ1) is 16.6. The predicted molar refractivity (Wildman–Crippen MR) is 129 cm³/mol. The van der Waals surface area contributed by atoms with Crippen molar-refractivity contribution in [2.75, 3.05) is 30.5 Å². The van der Waals surface area contributed by atoms with Gasteiger partial charge in [-0.15, -0.1) is 0 Å². The lowest BCUT2D eigenvalue weighted by molar-refractivity contribution is 0.108. The number of carbonyl (C=O) groups is 1. The number of amides is 1. The van der Waals surface area contributed by atoms with Crippen molar-refractivity contribution in [3.05, 3.63) is 53.6 Å². The van der Waals surface area contributed by atoms with Crippen LogP contribution < -0.4 is 15.0 Å². The Morgan fingerprint density at radius 1 is 1.15 bits per heavy atom. The maximum absolute atomic E-state index is 12.2. The predicted octanol–water partition coefficient (Wildman–Crippen LogP) is 5.39. The third-order valence-corrected chi connectivity index (χ3v) is 6.94. The van der Waals surface area contributed by atoms with Crippen LogP contribution in [0.25, 0.3) is 0 Å². The minimum atomic E-state index is -0.420. The van der Waals surface area contributed by atoms with Crippen LogP contribution in [0.1, 0.15) is 55.7 Å². The molecule has 7 nitrogen and oxygen atoms in total. The number of methoxy groups -OCH3 is 1. The van der Waals surface area contributed by atoms with Gasteiger partial charge in [0.2, 0.25) is 0 Å². The molecule has 1 heterocycles. The number of hydrogen-bond donors (Lipinski definition) is 1. The summed E-state index contributed by atoms with van der Waals surface area (Å²) < 4.78 is 16.4. The highest BCUT2D eigenvalue weighted by Crippen LogP contribution is 2.54. The summed E-state index contributed by atoms with van der Waals surface area (Å²) in [5.74, 6) is 1.02. The summed E-state index contributed by atoms with van der Waals surface area (Å²) in [5, 5.41) is 12.9. The summed E-state index contributed by atoms with van der Waals surface area (Å²) in [6.07, 6.45) is 4.02. The number of anilines is 2. The Bertz CT molecular complexity index is 1070. The van der Waals surface area contributed by atoms with Crippen LogP contribution in [0, 0.1) is 17.2 Å². The highest BCUT2D eigenvalue weighted by Gasteiger charge is 2.46. The molecule has 0 bridgehead atoms. The number of rotatable bonds is 9. The van der Waals surface area contributed by atoms with Gasteiger partial charge in [0, 0.05) is 30.6 Å². The standard InChI is InChI=1S/C27H31N3O4/c1-17(18-3-4-18)34-27(31)29-20-7-5-19(6-8-20)26-24(16-28)23-12-11-22(33-14-13-32-2)15-25(23)30(26)21-9-10-21/h5-8,11-12,15,17-18,21,24,26H,3-4,9-10,13-14H2,1-2H3,(H,29,31). The number of hydrogen-bond acceptors (Lipinski definition) is 6. The molecule has 1 amide bonds. The van der Waals surface area contributed by atoms with Crippen molar-refractivity contribution >= 4 is 17.5 Å². The molecule has 0 radical (unpaired) electrons. The molecule has 7 heteroatoms. The quantitative estimate of drug-likeness (QED) is 0.504. The fourth-order valence-corrected chi connectivity index (χ4v) is 4.83. The minimum Gasteiger partial charge on any atom is -0.491 e. The summed E-state index contributed by atoms with van der Waals surface area (Å²) >= 11 is 0. The van der Waals surface area contributed by atoms with Gasteiger partial charge in [-0.25, -0.2) is 4.79 Å². The van der Waals surface area contributed by atoms with Crippen LogP contribution in [-0.4, -0.2) is 38.6 Å². The number of nitrogens with one attached hydrogen (secondary N) is 1. The Morgan fingerprint density at radius 2 is 1.91 bits per heavy atom. The molecule has 178 valence electrons. The zero-order chi connectivity index (χ0) is 23.7. The molecule has 3 aliphatic rings. The normalized spacial score (nSPS) is 22.0. The van der Waals surface area contributed by atoms with Crippen molar-refractivity contribution < 1.29 is 19.0 Å². The van der Waals surface area contributed by atoms with Gasteiger partial charge in [0.05, 0.1) is 24.6 Å². The summed E-state index contributed by atoms with van der Waals surface area (Å²) in [7, 11) is 1.65. The van der Waals surface area contributed by atoms with Crippen LogP contribution in [-0.2, 0) is 9.47 Å². The van der Waals surface area contributed by atoms with Gasteiger partial charge >= 0.3 is 6.09 Å². The average Bonchev–Trinajstić information content (AvgIpc) is 3.75. The second kappa shape index (κ2) is 9.55. The van der Waals surface area contributed by atoms with E-state index in [-0.39, 0.29) is 18.1 Å². The molecular weight excluding hydrogens is 430 g/mol. The first-order valence-electron chi connectivity index (χ1n) is 12.1. The Labute approximate surface area is 200 Å². The Kier molecular flexibility index (Phi) is 6.34. The number of benzene rings is 2. The smallest absolute Gasteiger partial charge is 0.411 e. The zero-order valence-corrected chi connectivity index (χ0v) is 19.7. The van der Waals surface area contributed by atoms with E-state index in [0.717, 1.165) is 48.2 Å². The van der Waals surface area contributed by atoms with Gasteiger partial charge in [-0.1, -0.05) is 18.2 Å². The van der Waals surface area contributed by atoms with Crippen molar-refractivity contribution in [3.8, 4) is 11.8 Å². The van der Waals surface area contributed by atoms with Gasteiger partial charge in [-0.3, -0.25) is 5.32 Å². The van der Waals surface area contributed by atoms with E-state index < -0.39 is 6.09 Å². The highest BCUT2D eigenvalue weighted by atomic mass is 16.6. The van der Waals surface area contributed by atoms with Crippen LogP contribution in [0.15, 0.2) is 42.5 Å². The third kappa shape index (κ3) is 4.69. The van der Waals surface area contributed by atoms with Gasteiger partial charge in [0.25, 0.3) is 0 Å². The minimum absolute atomic E-state index is 0.0527. The van der Waals surface area contributed by atoms with E-state index in [0.29, 0.717) is 30.9 Å². The molecule has 2 saturated carbocycles. The van der Waals surface area contributed by atoms with E-state index in [9.17, 15) is 10.1 Å². The number of fused-ring (bicyclic) bond motifs is 1. The fourth-order valence-electron chi connectivity index (χ4n) is 4.83. The van der Waals surface area contributed by atoms with Gasteiger partial charge in [0.15, 0.2) is 0 Å². The average molecular weight is 462 g/mol. The molecule has 3 atom stereocenters. The molecule has 0 saturated heterocycles. The van der Waals surface area contributed by atoms with Crippen LogP contribution in [0.3, 0.4) is 0 Å². The lowest BCUT2D eigenvalue weighted by Gasteiger charge is -2.29. The van der Waals surface area contributed by atoms with E-state index in [1.807, 2.05) is 43.3 Å². The number of nitriles is 1. The summed E-state index contributed by atoms with van der Waals surface area (Å²) in [6.45, 7) is 2.96. The lowest BCUT2D eigenvalue weighted by atomic mass is 9.91. The largest absolute Gasteiger partial charge is 0.491 e. The molecule has 1 aliphatic heterocycles.